The quantitative estimate of drug-likeness (QED) is 0.156. The summed E-state index contributed by atoms with van der Waals surface area (Å²) in [5.41, 5.74) is -0.631. The maximum Gasteiger partial charge on any atom is 0.514 e. The van der Waals surface area contributed by atoms with Gasteiger partial charge in [-0.3, -0.25) is 0 Å². The van der Waals surface area contributed by atoms with E-state index in [0.717, 1.165) is 12.8 Å². The Labute approximate surface area is 243 Å². The second kappa shape index (κ2) is 10.8. The van der Waals surface area contributed by atoms with Gasteiger partial charge < -0.3 is 28.3 Å². The Morgan fingerprint density at radius 2 is 1.68 bits per heavy atom. The molecule has 0 radical (unpaired) electrons. The number of carbonyl (C=O) groups is 2. The SMILES string of the molecule is COCc1ccc(C[C@@H](Cl)B2OC3C[C@H]4C[C@H](C4(C)C)[C@]3(C)O2)c(OC(=O)OC(C)(C)C)c1C(=O)OC(C)(C)C. The Bertz CT molecular complexity index is 1140. The molecule has 0 aromatic heterocycles. The lowest BCUT2D eigenvalue weighted by Crippen LogP contribution is -2.65. The van der Waals surface area contributed by atoms with Crippen LogP contribution in [-0.4, -0.2) is 54.5 Å². The molecular formula is C30H44BClO8. The molecule has 1 saturated heterocycles. The Morgan fingerprint density at radius 3 is 2.25 bits per heavy atom. The van der Waals surface area contributed by atoms with Crippen molar-refractivity contribution in [3.8, 4) is 5.75 Å². The molecule has 222 valence electrons. The molecule has 5 rings (SSSR count). The summed E-state index contributed by atoms with van der Waals surface area (Å²) in [7, 11) is 0.876. The molecule has 4 aliphatic rings. The molecule has 0 N–H and O–H groups in total. The van der Waals surface area contributed by atoms with Gasteiger partial charge in [-0.05, 0) is 96.1 Å². The van der Waals surface area contributed by atoms with Gasteiger partial charge in [-0.15, -0.1) is 11.6 Å². The van der Waals surface area contributed by atoms with E-state index < -0.39 is 41.3 Å². The van der Waals surface area contributed by atoms with E-state index in [1.807, 2.05) is 0 Å². The van der Waals surface area contributed by atoms with Crippen LogP contribution in [0.15, 0.2) is 12.1 Å². The predicted molar refractivity (Wildman–Crippen MR) is 153 cm³/mol. The number of esters is 1. The van der Waals surface area contributed by atoms with Crippen LogP contribution in [0.4, 0.5) is 4.79 Å². The van der Waals surface area contributed by atoms with Crippen LogP contribution in [0.25, 0.3) is 0 Å². The van der Waals surface area contributed by atoms with Crippen molar-refractivity contribution < 1.29 is 37.8 Å². The molecule has 1 aromatic carbocycles. The van der Waals surface area contributed by atoms with Gasteiger partial charge in [0.1, 0.15) is 16.8 Å². The lowest BCUT2D eigenvalue weighted by Gasteiger charge is -2.64. The Hall–Kier alpha value is -1.81. The topological polar surface area (TPSA) is 89.5 Å². The van der Waals surface area contributed by atoms with E-state index in [9.17, 15) is 9.59 Å². The van der Waals surface area contributed by atoms with Crippen LogP contribution in [0.1, 0.15) is 96.6 Å². The van der Waals surface area contributed by atoms with Crippen LogP contribution < -0.4 is 4.74 Å². The molecule has 3 aliphatic carbocycles. The second-order valence-corrected chi connectivity index (χ2v) is 14.7. The first-order valence-corrected chi connectivity index (χ1v) is 14.5. The summed E-state index contributed by atoms with van der Waals surface area (Å²) < 4.78 is 35.2. The number of carbonyl (C=O) groups excluding carboxylic acids is 2. The van der Waals surface area contributed by atoms with Crippen LogP contribution in [0.2, 0.25) is 0 Å². The number of methoxy groups -OCH3 is 1. The van der Waals surface area contributed by atoms with E-state index in [1.54, 1.807) is 53.7 Å². The van der Waals surface area contributed by atoms with Crippen molar-refractivity contribution in [1.29, 1.82) is 0 Å². The van der Waals surface area contributed by atoms with E-state index in [2.05, 4.69) is 20.8 Å². The molecule has 1 aliphatic heterocycles. The minimum atomic E-state index is -0.937. The largest absolute Gasteiger partial charge is 0.514 e. The maximum atomic E-state index is 13.5. The molecular weight excluding hydrogens is 535 g/mol. The molecule has 0 amide bonds. The third-order valence-corrected chi connectivity index (χ3v) is 8.84. The highest BCUT2D eigenvalue weighted by molar-refractivity contribution is 6.60. The Morgan fingerprint density at radius 1 is 1.05 bits per heavy atom. The summed E-state index contributed by atoms with van der Waals surface area (Å²) in [5.74, 6) is 0.412. The summed E-state index contributed by atoms with van der Waals surface area (Å²) in [6.45, 7) is 17.4. The van der Waals surface area contributed by atoms with Crippen LogP contribution in [-0.2, 0) is 36.5 Å². The molecule has 40 heavy (non-hydrogen) atoms. The standard InChI is InChI=1S/C30H44BClO8/c1-27(2,3)37-25(33)23-18(16-35-10)12-11-17(24(23)36-26(34)38-28(4,5)6)13-22(32)31-39-21-15-19-14-20(29(19,7)8)30(21,9)40-31/h11-12,19-22H,13-16H2,1-10H3/t19-,20-,21?,22-,30+/m1/s1. The van der Waals surface area contributed by atoms with Crippen LogP contribution in [0.5, 0.6) is 5.75 Å². The van der Waals surface area contributed by atoms with Gasteiger partial charge in [-0.1, -0.05) is 26.0 Å². The van der Waals surface area contributed by atoms with Gasteiger partial charge in [-0.25, -0.2) is 9.59 Å². The fraction of sp³-hybridized carbons (Fsp3) is 0.733. The van der Waals surface area contributed by atoms with Crippen molar-refractivity contribution in [2.24, 2.45) is 17.3 Å². The number of hydrogen-bond acceptors (Lipinski definition) is 8. The number of alkyl halides is 1. The Balaban J connectivity index is 1.66. The predicted octanol–water partition coefficient (Wildman–Crippen LogP) is 6.52. The maximum absolute atomic E-state index is 13.5. The normalized spacial score (nSPS) is 27.9. The highest BCUT2D eigenvalue weighted by atomic mass is 35.5. The van der Waals surface area contributed by atoms with Crippen molar-refractivity contribution in [1.82, 2.24) is 0 Å². The number of halogens is 1. The summed E-state index contributed by atoms with van der Waals surface area (Å²) in [4.78, 5) is 26.3. The van der Waals surface area contributed by atoms with Gasteiger partial charge in [0.15, 0.2) is 5.75 Å². The third-order valence-electron chi connectivity index (χ3n) is 8.48. The zero-order chi connectivity index (χ0) is 29.8. The van der Waals surface area contributed by atoms with Crippen LogP contribution >= 0.6 is 11.6 Å². The highest BCUT2D eigenvalue weighted by Crippen LogP contribution is 2.65. The van der Waals surface area contributed by atoms with Gasteiger partial charge in [0.25, 0.3) is 0 Å². The molecule has 1 heterocycles. The lowest BCUT2D eigenvalue weighted by atomic mass is 9.43. The van der Waals surface area contributed by atoms with Gasteiger partial charge in [0.2, 0.25) is 0 Å². The molecule has 10 heteroatoms. The summed E-state index contributed by atoms with van der Waals surface area (Å²) in [6.07, 6.45) is 1.34. The van der Waals surface area contributed by atoms with Crippen molar-refractivity contribution in [2.45, 2.75) is 116 Å². The first kappa shape index (κ1) is 31.1. The van der Waals surface area contributed by atoms with Gasteiger partial charge >= 0.3 is 19.2 Å². The summed E-state index contributed by atoms with van der Waals surface area (Å²) in [6, 6.07) is 3.54. The first-order valence-electron chi connectivity index (χ1n) is 14.1. The van der Waals surface area contributed by atoms with Crippen molar-refractivity contribution in [3.05, 3.63) is 28.8 Å². The second-order valence-electron chi connectivity index (χ2n) is 14.1. The van der Waals surface area contributed by atoms with Gasteiger partial charge in [0, 0.05) is 7.11 Å². The van der Waals surface area contributed by atoms with Gasteiger partial charge in [0.05, 0.1) is 23.6 Å². The number of ether oxygens (including phenoxy) is 4. The Kier molecular flexibility index (Phi) is 8.40. The molecule has 3 saturated carbocycles. The number of benzene rings is 1. The fourth-order valence-corrected chi connectivity index (χ4v) is 6.76. The summed E-state index contributed by atoms with van der Waals surface area (Å²) in [5, 5.41) is -0.608. The molecule has 1 unspecified atom stereocenters. The van der Waals surface area contributed by atoms with Crippen molar-refractivity contribution in [2.75, 3.05) is 7.11 Å². The molecule has 2 bridgehead atoms. The molecule has 4 fully saturated rings. The minimum Gasteiger partial charge on any atom is -0.456 e. The van der Waals surface area contributed by atoms with Gasteiger partial charge in [-0.2, -0.15) is 0 Å². The zero-order valence-corrected chi connectivity index (χ0v) is 26.3. The number of rotatable bonds is 7. The minimum absolute atomic E-state index is 0.0191. The average molecular weight is 579 g/mol. The highest BCUT2D eigenvalue weighted by Gasteiger charge is 2.68. The van der Waals surface area contributed by atoms with E-state index in [4.69, 9.17) is 39.9 Å². The fourth-order valence-electron chi connectivity index (χ4n) is 6.49. The van der Waals surface area contributed by atoms with E-state index in [-0.39, 0.29) is 35.9 Å². The monoisotopic (exact) mass is 578 g/mol. The molecule has 1 aromatic rings. The van der Waals surface area contributed by atoms with E-state index in [0.29, 0.717) is 23.0 Å². The van der Waals surface area contributed by atoms with E-state index in [1.165, 1.54) is 7.11 Å². The van der Waals surface area contributed by atoms with Crippen molar-refractivity contribution >= 4 is 30.8 Å². The van der Waals surface area contributed by atoms with Crippen LogP contribution in [0, 0.1) is 17.3 Å². The zero-order valence-electron chi connectivity index (χ0n) is 25.5. The first-order chi connectivity index (χ1) is 18.4. The van der Waals surface area contributed by atoms with E-state index >= 15 is 0 Å². The molecule has 8 nitrogen and oxygen atoms in total. The third kappa shape index (κ3) is 6.18. The average Bonchev–Trinajstić information content (AvgIpc) is 3.15. The number of hydrogen-bond donors (Lipinski definition) is 0. The molecule has 0 spiro atoms. The molecule has 5 atom stereocenters. The summed E-state index contributed by atoms with van der Waals surface area (Å²) >= 11 is 6.97. The lowest BCUT2D eigenvalue weighted by molar-refractivity contribution is -0.199. The smallest absolute Gasteiger partial charge is 0.456 e. The van der Waals surface area contributed by atoms with Crippen LogP contribution in [0.3, 0.4) is 0 Å². The van der Waals surface area contributed by atoms with Crippen molar-refractivity contribution in [3.63, 3.8) is 0 Å².